The number of amides is 1. The van der Waals surface area contributed by atoms with Crippen molar-refractivity contribution in [3.63, 3.8) is 0 Å². The quantitative estimate of drug-likeness (QED) is 0.739. The van der Waals surface area contributed by atoms with Crippen LogP contribution in [0.15, 0.2) is 18.5 Å². The maximum atomic E-state index is 11.2. The fourth-order valence-corrected chi connectivity index (χ4v) is 1.30. The summed E-state index contributed by atoms with van der Waals surface area (Å²) in [6, 6.07) is 1.76. The summed E-state index contributed by atoms with van der Waals surface area (Å²) in [4.78, 5) is 22.2. The van der Waals surface area contributed by atoms with Crippen LogP contribution in [0.4, 0.5) is 0 Å². The lowest BCUT2D eigenvalue weighted by molar-refractivity contribution is -0.121. The number of Topliss-reactive ketones (excluding diaryl/α,β-unsaturated/α-hetero) is 1. The number of rotatable bonds is 5. The van der Waals surface area contributed by atoms with Gasteiger partial charge in [0.2, 0.25) is 5.91 Å². The molecule has 4 nitrogen and oxygen atoms in total. The van der Waals surface area contributed by atoms with E-state index in [1.165, 1.54) is 6.92 Å². The molecule has 1 heterocycles. The molecule has 15 heavy (non-hydrogen) atoms. The van der Waals surface area contributed by atoms with Crippen molar-refractivity contribution in [3.8, 4) is 0 Å². The molecule has 1 N–H and O–H groups in total. The Morgan fingerprint density at radius 1 is 1.47 bits per heavy atom. The van der Waals surface area contributed by atoms with Crippen LogP contribution in [0, 0.1) is 0 Å². The Morgan fingerprint density at radius 2 is 2.20 bits per heavy atom. The van der Waals surface area contributed by atoms with E-state index in [0.717, 1.165) is 0 Å². The number of hydrogen-bond acceptors (Lipinski definition) is 2. The van der Waals surface area contributed by atoms with Gasteiger partial charge in [-0.2, -0.15) is 0 Å². The third kappa shape index (κ3) is 3.58. The predicted octanol–water partition coefficient (Wildman–Crippen LogP) is 1.22. The van der Waals surface area contributed by atoms with Crippen molar-refractivity contribution in [2.45, 2.75) is 26.8 Å². The fraction of sp³-hybridized carbons (Fsp3) is 0.455. The molecule has 1 aromatic heterocycles. The lowest BCUT2D eigenvalue weighted by Crippen LogP contribution is -2.23. The van der Waals surface area contributed by atoms with Gasteiger partial charge >= 0.3 is 0 Å². The molecule has 0 saturated heterocycles. The molecule has 0 unspecified atom stereocenters. The average molecular weight is 208 g/mol. The van der Waals surface area contributed by atoms with Gasteiger partial charge in [0.1, 0.15) is 0 Å². The summed E-state index contributed by atoms with van der Waals surface area (Å²) in [7, 11) is 0. The van der Waals surface area contributed by atoms with E-state index in [1.54, 1.807) is 12.3 Å². The average Bonchev–Trinajstić information content (AvgIpc) is 2.63. The molecule has 0 aliphatic rings. The van der Waals surface area contributed by atoms with Crippen LogP contribution in [-0.2, 0) is 11.3 Å². The summed E-state index contributed by atoms with van der Waals surface area (Å²) in [6.07, 6.45) is 4.03. The normalized spacial score (nSPS) is 10.0. The second-order valence-electron chi connectivity index (χ2n) is 3.40. The SMILES string of the molecule is CCNC(=O)CCn1ccc(C(C)=O)c1. The van der Waals surface area contributed by atoms with Crippen molar-refractivity contribution < 1.29 is 9.59 Å². The van der Waals surface area contributed by atoms with E-state index in [-0.39, 0.29) is 11.7 Å². The van der Waals surface area contributed by atoms with E-state index in [1.807, 2.05) is 17.7 Å². The van der Waals surface area contributed by atoms with Gasteiger partial charge in [0.15, 0.2) is 5.78 Å². The molecule has 82 valence electrons. The molecule has 0 aliphatic heterocycles. The molecule has 0 atom stereocenters. The second-order valence-corrected chi connectivity index (χ2v) is 3.40. The zero-order chi connectivity index (χ0) is 11.3. The van der Waals surface area contributed by atoms with Gasteiger partial charge in [-0.25, -0.2) is 0 Å². The van der Waals surface area contributed by atoms with Crippen molar-refractivity contribution >= 4 is 11.7 Å². The minimum absolute atomic E-state index is 0.0376. The first-order valence-electron chi connectivity index (χ1n) is 5.07. The van der Waals surface area contributed by atoms with Crippen molar-refractivity contribution in [1.82, 2.24) is 9.88 Å². The standard InChI is InChI=1S/C11H16N2O2/c1-3-12-11(15)5-7-13-6-4-10(8-13)9(2)14/h4,6,8H,3,5,7H2,1-2H3,(H,12,15). The number of nitrogens with zero attached hydrogens (tertiary/aromatic N) is 1. The zero-order valence-corrected chi connectivity index (χ0v) is 9.12. The molecule has 1 aromatic rings. The highest BCUT2D eigenvalue weighted by atomic mass is 16.1. The number of ketones is 1. The van der Waals surface area contributed by atoms with Gasteiger partial charge in [0, 0.05) is 37.5 Å². The molecule has 0 bridgehead atoms. The van der Waals surface area contributed by atoms with E-state index < -0.39 is 0 Å². The summed E-state index contributed by atoms with van der Waals surface area (Å²) in [6.45, 7) is 4.69. The summed E-state index contributed by atoms with van der Waals surface area (Å²) in [5, 5.41) is 2.73. The van der Waals surface area contributed by atoms with Crippen LogP contribution in [0.1, 0.15) is 30.6 Å². The Morgan fingerprint density at radius 3 is 2.73 bits per heavy atom. The predicted molar refractivity (Wildman–Crippen MR) is 57.7 cm³/mol. The number of aryl methyl sites for hydroxylation is 1. The van der Waals surface area contributed by atoms with Gasteiger partial charge in [-0.05, 0) is 19.9 Å². The van der Waals surface area contributed by atoms with Crippen LogP contribution in [-0.4, -0.2) is 22.8 Å². The molecular weight excluding hydrogens is 192 g/mol. The number of aromatic nitrogens is 1. The fourth-order valence-electron chi connectivity index (χ4n) is 1.30. The summed E-state index contributed by atoms with van der Waals surface area (Å²) in [5.41, 5.74) is 0.686. The molecule has 4 heteroatoms. The number of hydrogen-bond donors (Lipinski definition) is 1. The Bertz CT molecular complexity index is 355. The summed E-state index contributed by atoms with van der Waals surface area (Å²) >= 11 is 0. The van der Waals surface area contributed by atoms with Gasteiger partial charge in [-0.1, -0.05) is 0 Å². The van der Waals surface area contributed by atoms with Crippen LogP contribution >= 0.6 is 0 Å². The third-order valence-electron chi connectivity index (χ3n) is 2.13. The van der Waals surface area contributed by atoms with E-state index >= 15 is 0 Å². The number of carbonyl (C=O) groups excluding carboxylic acids is 2. The van der Waals surface area contributed by atoms with Gasteiger partial charge in [-0.15, -0.1) is 0 Å². The van der Waals surface area contributed by atoms with E-state index in [2.05, 4.69) is 5.32 Å². The van der Waals surface area contributed by atoms with Gasteiger partial charge in [-0.3, -0.25) is 9.59 Å². The van der Waals surface area contributed by atoms with E-state index in [4.69, 9.17) is 0 Å². The largest absolute Gasteiger partial charge is 0.356 e. The van der Waals surface area contributed by atoms with Crippen molar-refractivity contribution in [2.75, 3.05) is 6.54 Å². The van der Waals surface area contributed by atoms with Crippen molar-refractivity contribution in [1.29, 1.82) is 0 Å². The molecule has 0 aliphatic carbocycles. The smallest absolute Gasteiger partial charge is 0.221 e. The number of nitrogens with one attached hydrogen (secondary N) is 1. The Hall–Kier alpha value is -1.58. The monoisotopic (exact) mass is 208 g/mol. The van der Waals surface area contributed by atoms with Crippen molar-refractivity contribution in [3.05, 3.63) is 24.0 Å². The van der Waals surface area contributed by atoms with Gasteiger partial charge in [0.25, 0.3) is 0 Å². The Balaban J connectivity index is 2.44. The minimum Gasteiger partial charge on any atom is -0.356 e. The first-order valence-corrected chi connectivity index (χ1v) is 5.07. The molecule has 0 aromatic carbocycles. The van der Waals surface area contributed by atoms with Crippen LogP contribution < -0.4 is 5.32 Å². The second kappa shape index (κ2) is 5.34. The maximum Gasteiger partial charge on any atom is 0.221 e. The first-order chi connectivity index (χ1) is 7.13. The highest BCUT2D eigenvalue weighted by molar-refractivity contribution is 5.93. The Labute approximate surface area is 89.3 Å². The van der Waals surface area contributed by atoms with E-state index in [0.29, 0.717) is 25.1 Å². The number of carbonyl (C=O) groups is 2. The van der Waals surface area contributed by atoms with Crippen molar-refractivity contribution in [2.24, 2.45) is 0 Å². The molecule has 0 saturated carbocycles. The molecular formula is C11H16N2O2. The molecule has 0 radical (unpaired) electrons. The van der Waals surface area contributed by atoms with Crippen LogP contribution in [0.2, 0.25) is 0 Å². The van der Waals surface area contributed by atoms with Gasteiger partial charge in [0.05, 0.1) is 0 Å². The van der Waals surface area contributed by atoms with Crippen LogP contribution in [0.5, 0.6) is 0 Å². The molecule has 1 amide bonds. The molecule has 1 rings (SSSR count). The summed E-state index contributed by atoms with van der Waals surface area (Å²) < 4.78 is 1.85. The van der Waals surface area contributed by atoms with Crippen LogP contribution in [0.3, 0.4) is 0 Å². The highest BCUT2D eigenvalue weighted by Crippen LogP contribution is 2.02. The van der Waals surface area contributed by atoms with Gasteiger partial charge < -0.3 is 9.88 Å². The minimum atomic E-state index is 0.0376. The topological polar surface area (TPSA) is 51.1 Å². The van der Waals surface area contributed by atoms with E-state index in [9.17, 15) is 9.59 Å². The lowest BCUT2D eigenvalue weighted by Gasteiger charge is -2.02. The Kier molecular flexibility index (Phi) is 4.09. The maximum absolute atomic E-state index is 11.2. The first kappa shape index (κ1) is 11.5. The molecule has 0 fully saturated rings. The van der Waals surface area contributed by atoms with Crippen LogP contribution in [0.25, 0.3) is 0 Å². The highest BCUT2D eigenvalue weighted by Gasteiger charge is 2.03. The lowest BCUT2D eigenvalue weighted by atomic mass is 10.2. The zero-order valence-electron chi connectivity index (χ0n) is 9.12. The molecule has 0 spiro atoms. The summed E-state index contributed by atoms with van der Waals surface area (Å²) in [5.74, 6) is 0.0855. The third-order valence-corrected chi connectivity index (χ3v) is 2.13.